The number of hydrogen-bond acceptors (Lipinski definition) is 4. The van der Waals surface area contributed by atoms with Gasteiger partial charge in [0, 0.05) is 19.6 Å². The first kappa shape index (κ1) is 17.3. The Hall–Kier alpha value is -1.10. The van der Waals surface area contributed by atoms with E-state index in [9.17, 15) is 5.11 Å². The largest absolute Gasteiger partial charge is 0.493 e. The molecule has 1 aliphatic heterocycles. The first-order valence-electron chi connectivity index (χ1n) is 8.30. The maximum atomic E-state index is 10.5. The van der Waals surface area contributed by atoms with Gasteiger partial charge in [-0.05, 0) is 58.3 Å². The molecule has 0 aliphatic carbocycles. The van der Waals surface area contributed by atoms with Gasteiger partial charge in [0.2, 0.25) is 0 Å². The Morgan fingerprint density at radius 2 is 2.18 bits per heavy atom. The number of benzene rings is 1. The van der Waals surface area contributed by atoms with Crippen LogP contribution in [0, 0.1) is 13.8 Å². The van der Waals surface area contributed by atoms with E-state index in [0.717, 1.165) is 44.6 Å². The Morgan fingerprint density at radius 3 is 2.86 bits per heavy atom. The van der Waals surface area contributed by atoms with Crippen molar-refractivity contribution in [2.45, 2.75) is 38.7 Å². The molecule has 22 heavy (non-hydrogen) atoms. The third-order valence-corrected chi connectivity index (χ3v) is 4.29. The first-order valence-corrected chi connectivity index (χ1v) is 8.30. The summed E-state index contributed by atoms with van der Waals surface area (Å²) in [6.07, 6.45) is 2.91. The first-order chi connectivity index (χ1) is 10.5. The van der Waals surface area contributed by atoms with E-state index in [1.54, 1.807) is 0 Å². The molecule has 2 rings (SSSR count). The Kier molecular flexibility index (Phi) is 6.24. The number of likely N-dealkylation sites (N-methyl/N-ethyl adjacent to an activating group) is 1. The lowest BCUT2D eigenvalue weighted by Gasteiger charge is -2.36. The minimum absolute atomic E-state index is 0.568. The van der Waals surface area contributed by atoms with Crippen LogP contribution in [-0.2, 0) is 0 Å². The van der Waals surface area contributed by atoms with Crippen LogP contribution in [0.5, 0.6) is 5.75 Å². The van der Waals surface area contributed by atoms with Gasteiger partial charge in [-0.25, -0.2) is 0 Å². The third-order valence-electron chi connectivity index (χ3n) is 4.29. The number of ether oxygens (including phenoxy) is 1. The fourth-order valence-corrected chi connectivity index (χ4v) is 3.15. The van der Waals surface area contributed by atoms with Crippen molar-refractivity contribution in [1.82, 2.24) is 10.2 Å². The fraction of sp³-hybridized carbons (Fsp3) is 0.667. The topological polar surface area (TPSA) is 44.7 Å². The molecule has 1 atom stereocenters. The third kappa shape index (κ3) is 5.27. The van der Waals surface area contributed by atoms with Crippen molar-refractivity contribution >= 4 is 0 Å². The normalized spacial score (nSPS) is 22.0. The predicted octanol–water partition coefficient (Wildman–Crippen LogP) is 2.12. The second-order valence-electron chi connectivity index (χ2n) is 6.71. The summed E-state index contributed by atoms with van der Waals surface area (Å²) in [5.74, 6) is 0.975. The summed E-state index contributed by atoms with van der Waals surface area (Å²) >= 11 is 0. The van der Waals surface area contributed by atoms with Gasteiger partial charge >= 0.3 is 0 Å². The molecule has 1 aromatic carbocycles. The van der Waals surface area contributed by atoms with Crippen LogP contribution in [0.3, 0.4) is 0 Å². The average molecular weight is 306 g/mol. The monoisotopic (exact) mass is 306 g/mol. The molecule has 0 spiro atoms. The summed E-state index contributed by atoms with van der Waals surface area (Å²) in [4.78, 5) is 2.21. The maximum absolute atomic E-state index is 10.5. The summed E-state index contributed by atoms with van der Waals surface area (Å²) in [5.41, 5.74) is 1.89. The molecule has 1 aliphatic rings. The van der Waals surface area contributed by atoms with Crippen molar-refractivity contribution in [2.75, 3.05) is 39.8 Å². The van der Waals surface area contributed by atoms with Crippen molar-refractivity contribution in [1.29, 1.82) is 0 Å². The zero-order valence-electron chi connectivity index (χ0n) is 14.2. The van der Waals surface area contributed by atoms with E-state index in [2.05, 4.69) is 43.2 Å². The molecule has 0 unspecified atom stereocenters. The van der Waals surface area contributed by atoms with Crippen molar-refractivity contribution < 1.29 is 9.84 Å². The number of nitrogens with zero attached hydrogens (tertiary/aromatic N) is 1. The number of hydrogen-bond donors (Lipinski definition) is 2. The van der Waals surface area contributed by atoms with Gasteiger partial charge in [-0.3, -0.25) is 0 Å². The fourth-order valence-electron chi connectivity index (χ4n) is 3.15. The van der Waals surface area contributed by atoms with Crippen LogP contribution >= 0.6 is 0 Å². The molecular formula is C18H30N2O2. The highest BCUT2D eigenvalue weighted by atomic mass is 16.5. The molecule has 1 saturated heterocycles. The molecule has 0 bridgehead atoms. The van der Waals surface area contributed by atoms with Gasteiger partial charge in [-0.2, -0.15) is 0 Å². The van der Waals surface area contributed by atoms with Crippen molar-refractivity contribution in [3.8, 4) is 5.75 Å². The van der Waals surface area contributed by atoms with Gasteiger partial charge in [-0.15, -0.1) is 0 Å². The molecular weight excluding hydrogens is 276 g/mol. The Balaban J connectivity index is 1.67. The van der Waals surface area contributed by atoms with E-state index in [1.807, 2.05) is 6.07 Å². The van der Waals surface area contributed by atoms with E-state index in [0.29, 0.717) is 13.2 Å². The highest BCUT2D eigenvalue weighted by molar-refractivity contribution is 5.35. The van der Waals surface area contributed by atoms with Crippen LogP contribution in [0.15, 0.2) is 18.2 Å². The van der Waals surface area contributed by atoms with Crippen LogP contribution in [0.2, 0.25) is 0 Å². The van der Waals surface area contributed by atoms with Gasteiger partial charge in [0.1, 0.15) is 5.75 Å². The molecule has 124 valence electrons. The molecule has 2 N–H and O–H groups in total. The number of piperidine rings is 1. The van der Waals surface area contributed by atoms with Crippen LogP contribution < -0.4 is 10.1 Å². The van der Waals surface area contributed by atoms with Gasteiger partial charge in [0.15, 0.2) is 0 Å². The smallest absolute Gasteiger partial charge is 0.122 e. The number of aliphatic hydroxyl groups is 1. The Bertz CT molecular complexity index is 470. The van der Waals surface area contributed by atoms with E-state index in [-0.39, 0.29) is 0 Å². The Labute approximate surface area is 134 Å². The van der Waals surface area contributed by atoms with Gasteiger partial charge in [0.05, 0.1) is 12.2 Å². The molecule has 1 heterocycles. The highest BCUT2D eigenvalue weighted by Crippen LogP contribution is 2.19. The minimum atomic E-state index is -0.568. The molecule has 0 radical (unpaired) electrons. The maximum Gasteiger partial charge on any atom is 0.122 e. The number of nitrogens with one attached hydrogen (secondary N) is 1. The SMILES string of the molecule is Cc1ccc(OCCCN(C)C[C@]2(O)CCCNC2)c(C)c1. The predicted molar refractivity (Wildman–Crippen MR) is 90.6 cm³/mol. The van der Waals surface area contributed by atoms with Crippen LogP contribution in [-0.4, -0.2) is 55.4 Å². The second-order valence-corrected chi connectivity index (χ2v) is 6.71. The van der Waals surface area contributed by atoms with E-state index in [4.69, 9.17) is 4.74 Å². The lowest BCUT2D eigenvalue weighted by Crippen LogP contribution is -2.52. The number of rotatable bonds is 7. The van der Waals surface area contributed by atoms with E-state index < -0.39 is 5.60 Å². The lowest BCUT2D eigenvalue weighted by atomic mass is 9.94. The quantitative estimate of drug-likeness (QED) is 0.758. The van der Waals surface area contributed by atoms with Crippen molar-refractivity contribution in [3.63, 3.8) is 0 Å². The molecule has 4 nitrogen and oxygen atoms in total. The van der Waals surface area contributed by atoms with Crippen molar-refractivity contribution in [3.05, 3.63) is 29.3 Å². The molecule has 1 fully saturated rings. The lowest BCUT2D eigenvalue weighted by molar-refractivity contribution is -0.0103. The minimum Gasteiger partial charge on any atom is -0.493 e. The Morgan fingerprint density at radius 1 is 1.36 bits per heavy atom. The van der Waals surface area contributed by atoms with Gasteiger partial charge in [0.25, 0.3) is 0 Å². The molecule has 0 amide bonds. The van der Waals surface area contributed by atoms with Crippen LogP contribution in [0.1, 0.15) is 30.4 Å². The van der Waals surface area contributed by atoms with E-state index in [1.165, 1.54) is 11.1 Å². The van der Waals surface area contributed by atoms with Crippen molar-refractivity contribution in [2.24, 2.45) is 0 Å². The summed E-state index contributed by atoms with van der Waals surface area (Å²) in [7, 11) is 2.07. The molecule has 1 aromatic rings. The zero-order valence-corrected chi connectivity index (χ0v) is 14.2. The second kappa shape index (κ2) is 7.95. The number of aryl methyl sites for hydroxylation is 2. The summed E-state index contributed by atoms with van der Waals surface area (Å²) in [6.45, 7) is 8.28. The zero-order chi connectivity index (χ0) is 16.0. The van der Waals surface area contributed by atoms with Crippen LogP contribution in [0.4, 0.5) is 0 Å². The highest BCUT2D eigenvalue weighted by Gasteiger charge is 2.30. The molecule has 0 saturated carbocycles. The van der Waals surface area contributed by atoms with Crippen LogP contribution in [0.25, 0.3) is 0 Å². The summed E-state index contributed by atoms with van der Waals surface area (Å²) in [6, 6.07) is 6.28. The standard InChI is InChI=1S/C18H30N2O2/c1-15-6-7-17(16(2)12-15)22-11-5-10-20(3)14-18(21)8-4-9-19-13-18/h6-7,12,19,21H,4-5,8-11,13-14H2,1-3H3/t18-/m0/s1. The average Bonchev–Trinajstić information content (AvgIpc) is 2.45. The van der Waals surface area contributed by atoms with Gasteiger partial charge < -0.3 is 20.1 Å². The number of β-amino-alcohol motifs (C(OH)–C–C–N with tert-alkyl or cyclic N) is 1. The molecule has 4 heteroatoms. The van der Waals surface area contributed by atoms with Gasteiger partial charge in [-0.1, -0.05) is 17.7 Å². The summed E-state index contributed by atoms with van der Waals surface area (Å²) < 4.78 is 5.86. The summed E-state index contributed by atoms with van der Waals surface area (Å²) in [5, 5.41) is 13.8. The van der Waals surface area contributed by atoms with E-state index >= 15 is 0 Å². The molecule has 0 aromatic heterocycles.